The van der Waals surface area contributed by atoms with Gasteiger partial charge in [-0.1, -0.05) is 28.1 Å². The predicted octanol–water partition coefficient (Wildman–Crippen LogP) is 4.78. The number of allylic oxidation sites excluding steroid dienone is 2. The normalized spacial score (nSPS) is 21.7. The zero-order chi connectivity index (χ0) is 22.1. The van der Waals surface area contributed by atoms with E-state index < -0.39 is 0 Å². The molecule has 1 aromatic carbocycles. The Hall–Kier alpha value is -2.78. The van der Waals surface area contributed by atoms with Gasteiger partial charge < -0.3 is 29.6 Å². The van der Waals surface area contributed by atoms with Gasteiger partial charge in [-0.05, 0) is 25.0 Å². The lowest BCUT2D eigenvalue weighted by molar-refractivity contribution is 0.138. The van der Waals surface area contributed by atoms with Gasteiger partial charge in [0.05, 0.1) is 20.3 Å². The van der Waals surface area contributed by atoms with Crippen LogP contribution in [0.25, 0.3) is 0 Å². The predicted molar refractivity (Wildman–Crippen MR) is 125 cm³/mol. The number of methoxy groups -OCH3 is 1. The van der Waals surface area contributed by atoms with Crippen LogP contribution in [0.5, 0.6) is 23.1 Å². The highest BCUT2D eigenvalue weighted by Gasteiger charge is 2.25. The number of nitrogens with one attached hydrogen (secondary N) is 2. The van der Waals surface area contributed by atoms with Crippen molar-refractivity contribution < 1.29 is 18.9 Å². The summed E-state index contributed by atoms with van der Waals surface area (Å²) < 4.78 is 24.5. The maximum Gasteiger partial charge on any atom is 0.248 e. The number of fused-ring (bicyclic) bond motifs is 2. The van der Waals surface area contributed by atoms with Crippen LogP contribution < -0.4 is 24.8 Å². The van der Waals surface area contributed by atoms with Gasteiger partial charge in [0.1, 0.15) is 23.9 Å². The van der Waals surface area contributed by atoms with E-state index in [4.69, 9.17) is 18.9 Å². The van der Waals surface area contributed by atoms with Crippen molar-refractivity contribution in [1.82, 2.24) is 9.97 Å². The maximum atomic E-state index is 6.19. The Morgan fingerprint density at radius 3 is 2.94 bits per heavy atom. The third-order valence-electron chi connectivity index (χ3n) is 5.70. The molecule has 2 N–H and O–H groups in total. The molecule has 5 rings (SSSR count). The Morgan fingerprint density at radius 2 is 2.16 bits per heavy atom. The topological polar surface area (TPSA) is 86.8 Å². The minimum atomic E-state index is 0.0292. The molecule has 2 unspecified atom stereocenters. The van der Waals surface area contributed by atoms with Gasteiger partial charge in [0.15, 0.2) is 17.3 Å². The zero-order valence-corrected chi connectivity index (χ0v) is 19.6. The molecule has 32 heavy (non-hydrogen) atoms. The molecule has 3 heterocycles. The van der Waals surface area contributed by atoms with E-state index in [1.54, 1.807) is 7.11 Å². The molecule has 1 saturated heterocycles. The first-order valence-electron chi connectivity index (χ1n) is 10.6. The summed E-state index contributed by atoms with van der Waals surface area (Å²) in [5, 5.41) is 6.94. The summed E-state index contributed by atoms with van der Waals surface area (Å²) in [5.41, 5.74) is 2.87. The highest BCUT2D eigenvalue weighted by Crippen LogP contribution is 2.43. The van der Waals surface area contributed by atoms with Crippen LogP contribution in [0.4, 0.5) is 11.5 Å². The first-order valence-corrected chi connectivity index (χ1v) is 11.4. The fourth-order valence-electron chi connectivity index (χ4n) is 3.97. The van der Waals surface area contributed by atoms with Crippen molar-refractivity contribution in [2.24, 2.45) is 0 Å². The smallest absolute Gasteiger partial charge is 0.248 e. The summed E-state index contributed by atoms with van der Waals surface area (Å²) >= 11 is 3.58. The van der Waals surface area contributed by atoms with Gasteiger partial charge >= 0.3 is 0 Å². The number of benzene rings is 1. The van der Waals surface area contributed by atoms with Crippen molar-refractivity contribution in [1.29, 1.82) is 0 Å². The highest BCUT2D eigenvalue weighted by atomic mass is 79.9. The molecule has 8 nitrogen and oxygen atoms in total. The van der Waals surface area contributed by atoms with Crippen molar-refractivity contribution in [2.45, 2.75) is 38.5 Å². The first-order chi connectivity index (χ1) is 15.6. The van der Waals surface area contributed by atoms with Crippen molar-refractivity contribution in [3.05, 3.63) is 46.2 Å². The van der Waals surface area contributed by atoms with Crippen LogP contribution in [0.3, 0.4) is 0 Å². The Bertz CT molecular complexity index is 1080. The molecule has 1 aliphatic carbocycles. The van der Waals surface area contributed by atoms with E-state index in [1.807, 2.05) is 12.1 Å². The second-order valence-corrected chi connectivity index (χ2v) is 8.81. The zero-order valence-electron chi connectivity index (χ0n) is 18.0. The van der Waals surface area contributed by atoms with Crippen molar-refractivity contribution >= 4 is 27.4 Å². The van der Waals surface area contributed by atoms with E-state index in [1.165, 1.54) is 11.9 Å². The monoisotopic (exact) mass is 500 g/mol. The van der Waals surface area contributed by atoms with Gasteiger partial charge in [-0.15, -0.1) is 0 Å². The molecule has 0 amide bonds. The molecule has 1 aromatic heterocycles. The summed E-state index contributed by atoms with van der Waals surface area (Å²) in [7, 11) is 1.62. The molecule has 0 radical (unpaired) electrons. The molecule has 0 saturated carbocycles. The van der Waals surface area contributed by atoms with Crippen LogP contribution in [0, 0.1) is 0 Å². The molecule has 168 valence electrons. The summed E-state index contributed by atoms with van der Waals surface area (Å²) in [6, 6.07) is 3.94. The van der Waals surface area contributed by atoms with Crippen LogP contribution in [-0.2, 0) is 11.3 Å². The Balaban J connectivity index is 1.40. The quantitative estimate of drug-likeness (QED) is 0.606. The molecule has 3 aliphatic rings. The Kier molecular flexibility index (Phi) is 5.93. The number of hydrogen-bond donors (Lipinski definition) is 2. The second kappa shape index (κ2) is 8.99. The minimum Gasteiger partial charge on any atom is -0.493 e. The van der Waals surface area contributed by atoms with Gasteiger partial charge in [0, 0.05) is 35.1 Å². The molecule has 2 aliphatic heterocycles. The summed E-state index contributed by atoms with van der Waals surface area (Å²) in [5.74, 6) is 3.15. The van der Waals surface area contributed by atoms with Gasteiger partial charge in [-0.25, -0.2) is 4.98 Å². The SMILES string of the molecule is COc1cc2c(cc1OC1CCOC1)CNc1c(NC3C=C(C)C(Br)=CC3)ncnc1O2. The summed E-state index contributed by atoms with van der Waals surface area (Å²) in [4.78, 5) is 8.83. The third kappa shape index (κ3) is 4.27. The van der Waals surface area contributed by atoms with E-state index in [2.05, 4.69) is 55.6 Å². The average molecular weight is 501 g/mol. The van der Waals surface area contributed by atoms with Crippen molar-refractivity contribution in [2.75, 3.05) is 31.0 Å². The Labute approximate surface area is 195 Å². The Morgan fingerprint density at radius 1 is 1.25 bits per heavy atom. The van der Waals surface area contributed by atoms with Gasteiger partial charge in [0.2, 0.25) is 5.88 Å². The van der Waals surface area contributed by atoms with Gasteiger partial charge in [0.25, 0.3) is 0 Å². The number of nitrogens with zero attached hydrogens (tertiary/aromatic N) is 2. The maximum absolute atomic E-state index is 6.19. The van der Waals surface area contributed by atoms with Gasteiger partial charge in [-0.3, -0.25) is 0 Å². The first kappa shape index (κ1) is 21.1. The number of ether oxygens (including phenoxy) is 4. The van der Waals surface area contributed by atoms with Crippen LogP contribution in [0.1, 0.15) is 25.3 Å². The molecule has 0 bridgehead atoms. The number of hydrogen-bond acceptors (Lipinski definition) is 8. The molecular formula is C23H25BrN4O4. The van der Waals surface area contributed by atoms with Crippen LogP contribution in [0.2, 0.25) is 0 Å². The van der Waals surface area contributed by atoms with Crippen LogP contribution >= 0.6 is 15.9 Å². The van der Waals surface area contributed by atoms with Crippen molar-refractivity contribution in [3.63, 3.8) is 0 Å². The van der Waals surface area contributed by atoms with Crippen LogP contribution in [0.15, 0.2) is 40.7 Å². The molecule has 9 heteroatoms. The fraction of sp³-hybridized carbons (Fsp3) is 0.391. The lowest BCUT2D eigenvalue weighted by Gasteiger charge is -2.21. The second-order valence-electron chi connectivity index (χ2n) is 7.96. The third-order valence-corrected chi connectivity index (χ3v) is 6.65. The molecular weight excluding hydrogens is 476 g/mol. The largest absolute Gasteiger partial charge is 0.493 e. The van der Waals surface area contributed by atoms with E-state index in [0.29, 0.717) is 42.1 Å². The lowest BCUT2D eigenvalue weighted by atomic mass is 10.0. The minimum absolute atomic E-state index is 0.0292. The highest BCUT2D eigenvalue weighted by molar-refractivity contribution is 9.12. The molecule has 1 fully saturated rings. The van der Waals surface area contributed by atoms with E-state index in [9.17, 15) is 0 Å². The number of rotatable bonds is 5. The molecule has 0 spiro atoms. The van der Waals surface area contributed by atoms with E-state index in [-0.39, 0.29) is 12.1 Å². The average Bonchev–Trinajstić information content (AvgIpc) is 3.23. The van der Waals surface area contributed by atoms with E-state index in [0.717, 1.165) is 35.2 Å². The summed E-state index contributed by atoms with van der Waals surface area (Å²) in [6.45, 7) is 3.93. The molecule has 2 atom stereocenters. The van der Waals surface area contributed by atoms with Gasteiger partial charge in [-0.2, -0.15) is 4.98 Å². The lowest BCUT2D eigenvalue weighted by Crippen LogP contribution is -2.20. The van der Waals surface area contributed by atoms with Crippen molar-refractivity contribution in [3.8, 4) is 23.1 Å². The van der Waals surface area contributed by atoms with E-state index >= 15 is 0 Å². The number of aromatic nitrogens is 2. The van der Waals surface area contributed by atoms with Crippen LogP contribution in [-0.4, -0.2) is 42.4 Å². The number of anilines is 2. The summed E-state index contributed by atoms with van der Waals surface area (Å²) in [6.07, 6.45) is 7.61. The fourth-order valence-corrected chi connectivity index (χ4v) is 4.29. The number of halogens is 1. The molecule has 2 aromatic rings. The standard InChI is InChI=1S/C23H25BrN4O4/c1-13-7-15(3-4-17(13)24)28-22-21-23(27-12-26-22)32-18-9-19(29-2)20(8-14(18)10-25-21)31-16-5-6-30-11-16/h4,7-9,12,15-16,25H,3,5-6,10-11H2,1-2H3,(H,26,27,28).